The van der Waals surface area contributed by atoms with E-state index < -0.39 is 0 Å². The van der Waals surface area contributed by atoms with Crippen LogP contribution in [-0.2, 0) is 0 Å². The van der Waals surface area contributed by atoms with Crippen molar-refractivity contribution < 1.29 is 9.47 Å². The molecule has 1 aromatic heterocycles. The van der Waals surface area contributed by atoms with Crippen LogP contribution < -0.4 is 14.8 Å². The maximum Gasteiger partial charge on any atom is 0.163 e. The number of nitrogens with zero attached hydrogens (tertiary/aromatic N) is 3. The fourth-order valence-corrected chi connectivity index (χ4v) is 2.64. The quantitative estimate of drug-likeness (QED) is 0.799. The van der Waals surface area contributed by atoms with Crippen LogP contribution >= 0.6 is 0 Å². The van der Waals surface area contributed by atoms with Crippen LogP contribution in [0.5, 0.6) is 11.5 Å². The van der Waals surface area contributed by atoms with Crippen LogP contribution in [0.2, 0.25) is 0 Å². The van der Waals surface area contributed by atoms with Crippen molar-refractivity contribution in [2.75, 3.05) is 18.5 Å². The van der Waals surface area contributed by atoms with E-state index in [2.05, 4.69) is 22.6 Å². The second kappa shape index (κ2) is 6.23. The van der Waals surface area contributed by atoms with Gasteiger partial charge < -0.3 is 14.8 Å². The van der Waals surface area contributed by atoms with Gasteiger partial charge in [0.1, 0.15) is 18.9 Å². The normalized spacial score (nSPS) is 14.2. The van der Waals surface area contributed by atoms with Gasteiger partial charge in [-0.25, -0.2) is 4.68 Å². The lowest BCUT2D eigenvalue weighted by Crippen LogP contribution is -2.15. The Labute approximate surface area is 140 Å². The van der Waals surface area contributed by atoms with Crippen LogP contribution in [0.1, 0.15) is 18.7 Å². The smallest absolute Gasteiger partial charge is 0.163 e. The Morgan fingerprint density at radius 1 is 1.04 bits per heavy atom. The summed E-state index contributed by atoms with van der Waals surface area (Å²) in [6.07, 6.45) is 1.94. The maximum absolute atomic E-state index is 5.62. The van der Waals surface area contributed by atoms with E-state index in [1.54, 1.807) is 4.68 Å². The van der Waals surface area contributed by atoms with Gasteiger partial charge in [0, 0.05) is 11.8 Å². The molecule has 0 saturated carbocycles. The number of rotatable bonds is 4. The summed E-state index contributed by atoms with van der Waals surface area (Å²) in [5.74, 6) is 1.56. The lowest BCUT2D eigenvalue weighted by atomic mass is 10.2. The summed E-state index contributed by atoms with van der Waals surface area (Å²) in [6, 6.07) is 15.8. The topological polar surface area (TPSA) is 61.2 Å². The number of hydrogen-bond acceptors (Lipinski definition) is 5. The number of fused-ring (bicyclic) bond motifs is 1. The van der Waals surface area contributed by atoms with Crippen molar-refractivity contribution in [3.8, 4) is 17.2 Å². The van der Waals surface area contributed by atoms with Gasteiger partial charge in [-0.05, 0) is 31.2 Å². The van der Waals surface area contributed by atoms with E-state index in [-0.39, 0.29) is 6.04 Å². The van der Waals surface area contributed by atoms with Crippen LogP contribution in [0.4, 0.5) is 5.69 Å². The summed E-state index contributed by atoms with van der Waals surface area (Å²) in [5, 5.41) is 11.9. The minimum atomic E-state index is 0.0185. The van der Waals surface area contributed by atoms with Crippen LogP contribution in [0.25, 0.3) is 5.69 Å². The Morgan fingerprint density at radius 3 is 2.67 bits per heavy atom. The summed E-state index contributed by atoms with van der Waals surface area (Å²) in [7, 11) is 0. The lowest BCUT2D eigenvalue weighted by molar-refractivity contribution is 0.171. The molecule has 6 nitrogen and oxygen atoms in total. The Bertz CT molecular complexity index is 832. The monoisotopic (exact) mass is 322 g/mol. The van der Waals surface area contributed by atoms with Gasteiger partial charge in [0.2, 0.25) is 0 Å². The molecule has 2 heterocycles. The van der Waals surface area contributed by atoms with Gasteiger partial charge in [-0.2, -0.15) is 0 Å². The molecule has 0 bridgehead atoms. The van der Waals surface area contributed by atoms with Crippen LogP contribution in [0.3, 0.4) is 0 Å². The molecule has 122 valence electrons. The number of anilines is 1. The van der Waals surface area contributed by atoms with E-state index in [0.29, 0.717) is 13.2 Å². The van der Waals surface area contributed by atoms with Gasteiger partial charge in [-0.3, -0.25) is 0 Å². The predicted octanol–water partition coefficient (Wildman–Crippen LogP) is 3.21. The molecule has 0 aliphatic carbocycles. The van der Waals surface area contributed by atoms with Gasteiger partial charge >= 0.3 is 0 Å². The average molecular weight is 322 g/mol. The fraction of sp³-hybridized carbons (Fsp3) is 0.222. The number of hydrogen-bond donors (Lipinski definition) is 1. The highest BCUT2D eigenvalue weighted by molar-refractivity contribution is 5.55. The minimum Gasteiger partial charge on any atom is -0.486 e. The number of benzene rings is 2. The number of aromatic nitrogens is 3. The average Bonchev–Trinajstić information content (AvgIpc) is 3.13. The highest BCUT2D eigenvalue weighted by Crippen LogP contribution is 2.33. The Balaban J connectivity index is 1.50. The molecule has 1 aliphatic heterocycles. The molecule has 1 atom stereocenters. The molecule has 3 aromatic rings. The predicted molar refractivity (Wildman–Crippen MR) is 90.8 cm³/mol. The van der Waals surface area contributed by atoms with E-state index in [4.69, 9.17) is 9.47 Å². The SMILES string of the molecule is C[C@@H](Nc1ccc2c(c1)OCCO2)c1cn(-c2ccccc2)nn1. The van der Waals surface area contributed by atoms with Crippen molar-refractivity contribution in [1.29, 1.82) is 0 Å². The molecule has 4 rings (SSSR count). The molecule has 1 aliphatic rings. The summed E-state index contributed by atoms with van der Waals surface area (Å²) >= 11 is 0. The van der Waals surface area contributed by atoms with E-state index in [9.17, 15) is 0 Å². The number of para-hydroxylation sites is 1. The van der Waals surface area contributed by atoms with E-state index in [1.807, 2.05) is 54.7 Å². The zero-order valence-electron chi connectivity index (χ0n) is 13.3. The van der Waals surface area contributed by atoms with Crippen molar-refractivity contribution in [3.63, 3.8) is 0 Å². The van der Waals surface area contributed by atoms with Gasteiger partial charge in [-0.1, -0.05) is 23.4 Å². The summed E-state index contributed by atoms with van der Waals surface area (Å²) in [4.78, 5) is 0. The van der Waals surface area contributed by atoms with Crippen molar-refractivity contribution in [2.24, 2.45) is 0 Å². The van der Waals surface area contributed by atoms with Crippen molar-refractivity contribution in [3.05, 3.63) is 60.4 Å². The molecule has 6 heteroatoms. The first-order valence-corrected chi connectivity index (χ1v) is 7.93. The molecular formula is C18H18N4O2. The van der Waals surface area contributed by atoms with Crippen molar-refractivity contribution in [2.45, 2.75) is 13.0 Å². The molecular weight excluding hydrogens is 304 g/mol. The molecule has 0 radical (unpaired) electrons. The van der Waals surface area contributed by atoms with E-state index in [0.717, 1.165) is 28.6 Å². The standard InChI is InChI=1S/C18H18N4O2/c1-13(16-12-22(21-20-16)15-5-3-2-4-6-15)19-14-7-8-17-18(11-14)24-10-9-23-17/h2-8,11-13,19H,9-10H2,1H3/t13-/m1/s1. The fourth-order valence-electron chi connectivity index (χ4n) is 2.64. The van der Waals surface area contributed by atoms with Crippen LogP contribution in [-0.4, -0.2) is 28.2 Å². The molecule has 0 saturated heterocycles. The second-order valence-corrected chi connectivity index (χ2v) is 5.65. The highest BCUT2D eigenvalue weighted by atomic mass is 16.6. The third-order valence-corrected chi connectivity index (χ3v) is 3.90. The molecule has 1 N–H and O–H groups in total. The third kappa shape index (κ3) is 2.90. The zero-order valence-corrected chi connectivity index (χ0v) is 13.3. The third-order valence-electron chi connectivity index (χ3n) is 3.90. The first-order chi connectivity index (χ1) is 11.8. The first kappa shape index (κ1) is 14.6. The molecule has 0 fully saturated rings. The molecule has 24 heavy (non-hydrogen) atoms. The second-order valence-electron chi connectivity index (χ2n) is 5.65. The lowest BCUT2D eigenvalue weighted by Gasteiger charge is -2.20. The molecule has 0 amide bonds. The van der Waals surface area contributed by atoms with Gasteiger partial charge in [0.15, 0.2) is 11.5 Å². The first-order valence-electron chi connectivity index (χ1n) is 7.93. The summed E-state index contributed by atoms with van der Waals surface area (Å²) in [6.45, 7) is 3.23. The van der Waals surface area contributed by atoms with Crippen LogP contribution in [0.15, 0.2) is 54.7 Å². The Morgan fingerprint density at radius 2 is 1.83 bits per heavy atom. The highest BCUT2D eigenvalue weighted by Gasteiger charge is 2.14. The Kier molecular flexibility index (Phi) is 3.78. The van der Waals surface area contributed by atoms with Gasteiger partial charge in [-0.15, -0.1) is 5.10 Å². The maximum atomic E-state index is 5.62. The van der Waals surface area contributed by atoms with Crippen LogP contribution in [0, 0.1) is 0 Å². The summed E-state index contributed by atoms with van der Waals surface area (Å²) < 4.78 is 12.9. The molecule has 0 spiro atoms. The number of nitrogens with one attached hydrogen (secondary N) is 1. The Hall–Kier alpha value is -3.02. The zero-order chi connectivity index (χ0) is 16.4. The molecule has 0 unspecified atom stereocenters. The van der Waals surface area contributed by atoms with Crippen molar-refractivity contribution >= 4 is 5.69 Å². The largest absolute Gasteiger partial charge is 0.486 e. The summed E-state index contributed by atoms with van der Waals surface area (Å²) in [5.41, 5.74) is 2.82. The van der Waals surface area contributed by atoms with E-state index >= 15 is 0 Å². The van der Waals surface area contributed by atoms with Gasteiger partial charge in [0.25, 0.3) is 0 Å². The van der Waals surface area contributed by atoms with E-state index in [1.165, 1.54) is 0 Å². The van der Waals surface area contributed by atoms with Gasteiger partial charge in [0.05, 0.1) is 17.9 Å². The minimum absolute atomic E-state index is 0.0185. The van der Waals surface area contributed by atoms with Crippen molar-refractivity contribution in [1.82, 2.24) is 15.0 Å². The number of ether oxygens (including phenoxy) is 2. The molecule has 2 aromatic carbocycles.